The first-order chi connectivity index (χ1) is 8.74. The molecule has 1 rings (SSSR count). The number of aliphatic carboxylic acids is 1. The smallest absolute Gasteiger partial charge is 0.303 e. The Morgan fingerprint density at radius 3 is 2.33 bits per heavy atom. The maximum absolute atomic E-state index is 10.4. The summed E-state index contributed by atoms with van der Waals surface area (Å²) in [5, 5.41) is 8.54. The van der Waals surface area contributed by atoms with E-state index < -0.39 is 5.97 Å². The van der Waals surface area contributed by atoms with Crippen molar-refractivity contribution >= 4 is 18.1 Å². The zero-order valence-electron chi connectivity index (χ0n) is 10.8. The Kier molecular flexibility index (Phi) is 6.55. The second-order valence-corrected chi connectivity index (χ2v) is 4.13. The first-order valence-corrected chi connectivity index (χ1v) is 6.38. The van der Waals surface area contributed by atoms with E-state index in [-0.39, 0.29) is 6.42 Å². The van der Waals surface area contributed by atoms with Crippen LogP contribution in [0.15, 0.2) is 36.4 Å². The third kappa shape index (κ3) is 5.48. The molecule has 0 spiro atoms. The molecule has 1 N–H and O–H groups in total. The molecule has 96 valence electrons. The number of hydrogen-bond acceptors (Lipinski definition) is 1. The van der Waals surface area contributed by atoms with Crippen LogP contribution in [-0.2, 0) is 4.79 Å². The summed E-state index contributed by atoms with van der Waals surface area (Å²) in [7, 11) is 0. The van der Waals surface area contributed by atoms with Gasteiger partial charge in [-0.25, -0.2) is 0 Å². The normalized spacial score (nSPS) is 11.4. The number of rotatable bonds is 7. The Morgan fingerprint density at radius 1 is 1.17 bits per heavy atom. The van der Waals surface area contributed by atoms with E-state index in [1.54, 1.807) is 0 Å². The van der Waals surface area contributed by atoms with Crippen LogP contribution in [0, 0.1) is 0 Å². The third-order valence-corrected chi connectivity index (χ3v) is 2.59. The van der Waals surface area contributed by atoms with E-state index in [1.807, 2.05) is 18.2 Å². The molecule has 0 heterocycles. The second-order valence-electron chi connectivity index (χ2n) is 4.13. The van der Waals surface area contributed by atoms with Crippen molar-refractivity contribution in [1.82, 2.24) is 0 Å². The maximum atomic E-state index is 10.4. The highest BCUT2D eigenvalue weighted by atomic mass is 16.4. The number of carbonyl (C=O) groups is 1. The minimum Gasteiger partial charge on any atom is -0.481 e. The third-order valence-electron chi connectivity index (χ3n) is 2.59. The monoisotopic (exact) mass is 244 g/mol. The molecule has 0 amide bonds. The molecular formula is C16H20O2. The molecular weight excluding hydrogens is 224 g/mol. The Labute approximate surface area is 109 Å². The van der Waals surface area contributed by atoms with Crippen LogP contribution >= 0.6 is 0 Å². The van der Waals surface area contributed by atoms with Gasteiger partial charge >= 0.3 is 5.97 Å². The quantitative estimate of drug-likeness (QED) is 0.723. The van der Waals surface area contributed by atoms with Gasteiger partial charge < -0.3 is 5.11 Å². The van der Waals surface area contributed by atoms with E-state index in [4.69, 9.17) is 5.11 Å². The molecule has 1 aromatic carbocycles. The molecule has 0 unspecified atom stereocenters. The van der Waals surface area contributed by atoms with Crippen molar-refractivity contribution in [3.8, 4) is 0 Å². The molecule has 18 heavy (non-hydrogen) atoms. The van der Waals surface area contributed by atoms with Crippen molar-refractivity contribution in [2.75, 3.05) is 0 Å². The lowest BCUT2D eigenvalue weighted by Gasteiger charge is -2.00. The number of hydrogen-bond donors (Lipinski definition) is 1. The van der Waals surface area contributed by atoms with Gasteiger partial charge in [0.05, 0.1) is 0 Å². The standard InChI is InChI=1S/C16H20O2/c1-2-3-9-14-11-7-8-12-15(14)10-5-4-6-13-16(17)18/h3,5,7-12H,2,4,6,13H2,1H3,(H,17,18). The summed E-state index contributed by atoms with van der Waals surface area (Å²) in [4.78, 5) is 10.4. The predicted molar refractivity (Wildman–Crippen MR) is 76.3 cm³/mol. The van der Waals surface area contributed by atoms with Crippen molar-refractivity contribution < 1.29 is 9.90 Å². The fraction of sp³-hybridized carbons (Fsp3) is 0.312. The average Bonchev–Trinajstić information content (AvgIpc) is 2.36. The van der Waals surface area contributed by atoms with Crippen molar-refractivity contribution in [2.24, 2.45) is 0 Å². The summed E-state index contributed by atoms with van der Waals surface area (Å²) in [6.45, 7) is 2.11. The van der Waals surface area contributed by atoms with Crippen LogP contribution in [0.1, 0.15) is 43.7 Å². The van der Waals surface area contributed by atoms with Gasteiger partial charge in [-0.15, -0.1) is 0 Å². The van der Waals surface area contributed by atoms with Gasteiger partial charge in [0.15, 0.2) is 0 Å². The molecule has 0 aliphatic heterocycles. The number of benzene rings is 1. The van der Waals surface area contributed by atoms with Crippen LogP contribution in [0.25, 0.3) is 12.2 Å². The Bertz CT molecular complexity index is 430. The molecule has 2 heteroatoms. The topological polar surface area (TPSA) is 37.3 Å². The Hall–Kier alpha value is -1.83. The molecule has 0 radical (unpaired) electrons. The summed E-state index contributed by atoms with van der Waals surface area (Å²) in [5.74, 6) is -0.727. The summed E-state index contributed by atoms with van der Waals surface area (Å²) in [5.41, 5.74) is 2.38. The largest absolute Gasteiger partial charge is 0.481 e. The molecule has 0 aromatic heterocycles. The molecule has 0 bridgehead atoms. The van der Waals surface area contributed by atoms with Gasteiger partial charge in [-0.3, -0.25) is 4.79 Å². The van der Waals surface area contributed by atoms with Crippen LogP contribution in [0.4, 0.5) is 0 Å². The fourth-order valence-electron chi connectivity index (χ4n) is 1.64. The zero-order chi connectivity index (χ0) is 13.2. The predicted octanol–water partition coefficient (Wildman–Crippen LogP) is 4.38. The first-order valence-electron chi connectivity index (χ1n) is 6.38. The van der Waals surface area contributed by atoms with Gasteiger partial charge in [-0.05, 0) is 30.4 Å². The van der Waals surface area contributed by atoms with Gasteiger partial charge in [0.1, 0.15) is 0 Å². The number of allylic oxidation sites excluding steroid dienone is 2. The number of unbranched alkanes of at least 4 members (excludes halogenated alkanes) is 1. The highest BCUT2D eigenvalue weighted by Gasteiger charge is 1.95. The van der Waals surface area contributed by atoms with Gasteiger partial charge in [-0.2, -0.15) is 0 Å². The summed E-state index contributed by atoms with van der Waals surface area (Å²) in [6, 6.07) is 8.20. The van der Waals surface area contributed by atoms with Crippen LogP contribution in [0.3, 0.4) is 0 Å². The molecule has 0 fully saturated rings. The second kappa shape index (κ2) is 8.29. The lowest BCUT2D eigenvalue weighted by Crippen LogP contribution is -1.92. The molecule has 2 nitrogen and oxygen atoms in total. The highest BCUT2D eigenvalue weighted by Crippen LogP contribution is 2.13. The zero-order valence-corrected chi connectivity index (χ0v) is 10.8. The van der Waals surface area contributed by atoms with E-state index in [0.29, 0.717) is 6.42 Å². The molecule has 0 saturated carbocycles. The molecule has 1 aromatic rings. The fourth-order valence-corrected chi connectivity index (χ4v) is 1.64. The molecule has 0 aliphatic rings. The van der Waals surface area contributed by atoms with Crippen molar-refractivity contribution in [3.63, 3.8) is 0 Å². The highest BCUT2D eigenvalue weighted by molar-refractivity contribution is 5.67. The molecule has 0 atom stereocenters. The van der Waals surface area contributed by atoms with Crippen LogP contribution in [0.5, 0.6) is 0 Å². The Balaban J connectivity index is 2.57. The maximum Gasteiger partial charge on any atom is 0.303 e. The van der Waals surface area contributed by atoms with Crippen molar-refractivity contribution in [1.29, 1.82) is 0 Å². The minimum atomic E-state index is -0.727. The minimum absolute atomic E-state index is 0.238. The van der Waals surface area contributed by atoms with Crippen molar-refractivity contribution in [2.45, 2.75) is 32.6 Å². The van der Waals surface area contributed by atoms with E-state index in [9.17, 15) is 4.79 Å². The van der Waals surface area contributed by atoms with Crippen LogP contribution in [0.2, 0.25) is 0 Å². The lowest BCUT2D eigenvalue weighted by molar-refractivity contribution is -0.137. The van der Waals surface area contributed by atoms with E-state index in [1.165, 1.54) is 11.1 Å². The number of carboxylic acids is 1. The summed E-state index contributed by atoms with van der Waals surface area (Å²) < 4.78 is 0. The van der Waals surface area contributed by atoms with Crippen LogP contribution in [-0.4, -0.2) is 11.1 Å². The first kappa shape index (κ1) is 14.2. The SMILES string of the molecule is CCC=Cc1ccccc1C=CCCCC(=O)O. The van der Waals surface area contributed by atoms with E-state index in [2.05, 4.69) is 37.3 Å². The van der Waals surface area contributed by atoms with Gasteiger partial charge in [0, 0.05) is 6.42 Å². The van der Waals surface area contributed by atoms with Gasteiger partial charge in [0.2, 0.25) is 0 Å². The van der Waals surface area contributed by atoms with Crippen molar-refractivity contribution in [3.05, 3.63) is 47.5 Å². The average molecular weight is 244 g/mol. The molecule has 0 saturated heterocycles. The number of carboxylic acid groups (broad SMARTS) is 1. The van der Waals surface area contributed by atoms with Crippen LogP contribution < -0.4 is 0 Å². The lowest BCUT2D eigenvalue weighted by atomic mass is 10.1. The summed E-state index contributed by atoms with van der Waals surface area (Å²) in [6.07, 6.45) is 11.1. The van der Waals surface area contributed by atoms with Gasteiger partial charge in [0.25, 0.3) is 0 Å². The molecule has 0 aliphatic carbocycles. The Morgan fingerprint density at radius 2 is 1.78 bits per heavy atom. The van der Waals surface area contributed by atoms with E-state index >= 15 is 0 Å². The van der Waals surface area contributed by atoms with Gasteiger partial charge in [-0.1, -0.05) is 55.5 Å². The summed E-state index contributed by atoms with van der Waals surface area (Å²) >= 11 is 0. The van der Waals surface area contributed by atoms with E-state index in [0.717, 1.165) is 12.8 Å².